The molecule has 1 aromatic heterocycles. The Labute approximate surface area is 136 Å². The minimum atomic E-state index is -0.0902. The summed E-state index contributed by atoms with van der Waals surface area (Å²) in [4.78, 5) is 16.5. The lowest BCUT2D eigenvalue weighted by Gasteiger charge is -2.32. The third kappa shape index (κ3) is 3.96. The van der Waals surface area contributed by atoms with E-state index in [-0.39, 0.29) is 18.1 Å². The van der Waals surface area contributed by atoms with Gasteiger partial charge in [0.1, 0.15) is 6.10 Å². The number of amides is 1. The lowest BCUT2D eigenvalue weighted by atomic mass is 9.96. The zero-order valence-corrected chi connectivity index (χ0v) is 13.4. The number of carbonyl (C=O) groups excluding carboxylic acids is 1. The van der Waals surface area contributed by atoms with Crippen LogP contribution in [0.4, 0.5) is 0 Å². The van der Waals surface area contributed by atoms with Gasteiger partial charge in [0.15, 0.2) is 0 Å². The van der Waals surface area contributed by atoms with E-state index in [9.17, 15) is 4.79 Å². The Kier molecular flexibility index (Phi) is 5.03. The van der Waals surface area contributed by atoms with Gasteiger partial charge in [0, 0.05) is 19.0 Å². The van der Waals surface area contributed by atoms with Crippen LogP contribution in [0.5, 0.6) is 0 Å². The quantitative estimate of drug-likeness (QED) is 0.944. The average molecular weight is 310 g/mol. The van der Waals surface area contributed by atoms with Gasteiger partial charge in [0.25, 0.3) is 0 Å². The van der Waals surface area contributed by atoms with Crippen molar-refractivity contribution in [2.24, 2.45) is 0 Å². The first-order valence-corrected chi connectivity index (χ1v) is 8.09. The third-order valence-electron chi connectivity index (χ3n) is 4.32. The van der Waals surface area contributed by atoms with E-state index in [1.165, 1.54) is 0 Å². The maximum absolute atomic E-state index is 12.4. The Morgan fingerprint density at radius 1 is 1.26 bits per heavy atom. The molecule has 3 rings (SSSR count). The van der Waals surface area contributed by atoms with Crippen LogP contribution in [-0.2, 0) is 16.0 Å². The van der Waals surface area contributed by atoms with Gasteiger partial charge in [-0.15, -0.1) is 0 Å². The fourth-order valence-corrected chi connectivity index (χ4v) is 3.05. The van der Waals surface area contributed by atoms with Gasteiger partial charge in [-0.3, -0.25) is 9.78 Å². The molecule has 0 saturated carbocycles. The molecule has 0 unspecified atom stereocenters. The van der Waals surface area contributed by atoms with Crippen molar-refractivity contribution in [1.29, 1.82) is 0 Å². The van der Waals surface area contributed by atoms with Gasteiger partial charge in [-0.25, -0.2) is 0 Å². The van der Waals surface area contributed by atoms with Gasteiger partial charge in [-0.1, -0.05) is 24.3 Å². The number of pyridine rings is 1. The number of ether oxygens (including phenoxy) is 1. The summed E-state index contributed by atoms with van der Waals surface area (Å²) in [5.41, 5.74) is 3.29. The smallest absolute Gasteiger partial charge is 0.224 e. The van der Waals surface area contributed by atoms with Crippen molar-refractivity contribution in [2.75, 3.05) is 6.61 Å². The lowest BCUT2D eigenvalue weighted by molar-refractivity contribution is -0.123. The first-order chi connectivity index (χ1) is 11.2. The van der Waals surface area contributed by atoms with Gasteiger partial charge in [0.2, 0.25) is 5.91 Å². The molecule has 1 aliphatic rings. The molecule has 23 heavy (non-hydrogen) atoms. The highest BCUT2D eigenvalue weighted by atomic mass is 16.5. The van der Waals surface area contributed by atoms with Crippen LogP contribution >= 0.6 is 0 Å². The SMILES string of the molecule is Cc1ccccc1CC(=O)N[C@H]1CCCO[C@@H]1c1ccncc1. The molecule has 4 nitrogen and oxygen atoms in total. The molecule has 1 aromatic carbocycles. The van der Waals surface area contributed by atoms with Gasteiger partial charge in [-0.05, 0) is 48.6 Å². The Morgan fingerprint density at radius 3 is 2.83 bits per heavy atom. The van der Waals surface area contributed by atoms with E-state index in [0.29, 0.717) is 6.42 Å². The van der Waals surface area contributed by atoms with Crippen molar-refractivity contribution < 1.29 is 9.53 Å². The largest absolute Gasteiger partial charge is 0.371 e. The topological polar surface area (TPSA) is 51.2 Å². The van der Waals surface area contributed by atoms with E-state index in [1.54, 1.807) is 12.4 Å². The normalized spacial score (nSPS) is 20.9. The Bertz CT molecular complexity index is 657. The zero-order chi connectivity index (χ0) is 16.1. The van der Waals surface area contributed by atoms with Crippen LogP contribution in [0.2, 0.25) is 0 Å². The van der Waals surface area contributed by atoms with Crippen LogP contribution in [-0.4, -0.2) is 23.5 Å². The van der Waals surface area contributed by atoms with Gasteiger partial charge in [0.05, 0.1) is 12.5 Å². The second-order valence-corrected chi connectivity index (χ2v) is 5.99. The summed E-state index contributed by atoms with van der Waals surface area (Å²) < 4.78 is 5.91. The molecule has 1 fully saturated rings. The third-order valence-corrected chi connectivity index (χ3v) is 4.32. The molecule has 0 aliphatic carbocycles. The molecule has 0 radical (unpaired) electrons. The van der Waals surface area contributed by atoms with E-state index in [2.05, 4.69) is 10.3 Å². The van der Waals surface area contributed by atoms with Crippen molar-refractivity contribution in [1.82, 2.24) is 10.3 Å². The second-order valence-electron chi connectivity index (χ2n) is 5.99. The molecule has 1 aliphatic heterocycles. The molecule has 2 heterocycles. The number of benzene rings is 1. The molecule has 1 amide bonds. The van der Waals surface area contributed by atoms with Crippen LogP contribution in [0.25, 0.3) is 0 Å². The summed E-state index contributed by atoms with van der Waals surface area (Å²) in [5.74, 6) is 0.0499. The second kappa shape index (κ2) is 7.38. The highest BCUT2D eigenvalue weighted by molar-refractivity contribution is 5.79. The van der Waals surface area contributed by atoms with E-state index in [0.717, 1.165) is 36.1 Å². The number of nitrogens with zero attached hydrogens (tertiary/aromatic N) is 1. The first kappa shape index (κ1) is 15.7. The van der Waals surface area contributed by atoms with Crippen LogP contribution in [0.1, 0.15) is 35.6 Å². The molecule has 4 heteroatoms. The molecule has 120 valence electrons. The van der Waals surface area contributed by atoms with Crippen LogP contribution < -0.4 is 5.32 Å². The van der Waals surface area contributed by atoms with Crippen molar-refractivity contribution in [3.8, 4) is 0 Å². The fraction of sp³-hybridized carbons (Fsp3) is 0.368. The number of hydrogen-bond acceptors (Lipinski definition) is 3. The first-order valence-electron chi connectivity index (χ1n) is 8.09. The number of aryl methyl sites for hydroxylation is 1. The van der Waals surface area contributed by atoms with E-state index in [4.69, 9.17) is 4.74 Å². The van der Waals surface area contributed by atoms with Crippen molar-refractivity contribution in [3.63, 3.8) is 0 Å². The summed E-state index contributed by atoms with van der Waals surface area (Å²) in [6.45, 7) is 2.77. The predicted molar refractivity (Wildman–Crippen MR) is 89.0 cm³/mol. The Balaban J connectivity index is 1.67. The van der Waals surface area contributed by atoms with Gasteiger partial charge >= 0.3 is 0 Å². The molecular formula is C19H22N2O2. The van der Waals surface area contributed by atoms with E-state index < -0.39 is 0 Å². The number of nitrogens with one attached hydrogen (secondary N) is 1. The highest BCUT2D eigenvalue weighted by Gasteiger charge is 2.28. The Hall–Kier alpha value is -2.20. The molecule has 1 saturated heterocycles. The molecular weight excluding hydrogens is 288 g/mol. The summed E-state index contributed by atoms with van der Waals surface area (Å²) in [5, 5.41) is 3.16. The number of aromatic nitrogens is 1. The molecule has 2 aromatic rings. The van der Waals surface area contributed by atoms with Crippen LogP contribution in [0, 0.1) is 6.92 Å². The van der Waals surface area contributed by atoms with Gasteiger partial charge in [-0.2, -0.15) is 0 Å². The monoisotopic (exact) mass is 310 g/mol. The van der Waals surface area contributed by atoms with Crippen molar-refractivity contribution in [2.45, 2.75) is 38.3 Å². The number of carbonyl (C=O) groups is 1. The van der Waals surface area contributed by atoms with E-state index >= 15 is 0 Å². The fourth-order valence-electron chi connectivity index (χ4n) is 3.05. The summed E-state index contributed by atoms with van der Waals surface area (Å²) in [6, 6.07) is 11.9. The van der Waals surface area contributed by atoms with Crippen LogP contribution in [0.3, 0.4) is 0 Å². The van der Waals surface area contributed by atoms with Crippen molar-refractivity contribution >= 4 is 5.91 Å². The van der Waals surface area contributed by atoms with Crippen molar-refractivity contribution in [3.05, 3.63) is 65.5 Å². The minimum Gasteiger partial charge on any atom is -0.371 e. The number of hydrogen-bond donors (Lipinski definition) is 1. The summed E-state index contributed by atoms with van der Waals surface area (Å²) in [6.07, 6.45) is 5.75. The standard InChI is InChI=1S/C19H22N2O2/c1-14-5-2-3-6-16(14)13-18(22)21-17-7-4-12-23-19(17)15-8-10-20-11-9-15/h2-3,5-6,8-11,17,19H,4,7,12-13H2,1H3,(H,21,22)/t17-,19+/m0/s1. The zero-order valence-electron chi connectivity index (χ0n) is 13.4. The molecule has 0 spiro atoms. The highest BCUT2D eigenvalue weighted by Crippen LogP contribution is 2.28. The summed E-state index contributed by atoms with van der Waals surface area (Å²) >= 11 is 0. The number of rotatable bonds is 4. The predicted octanol–water partition coefficient (Wildman–Crippen LogP) is 2.97. The summed E-state index contributed by atoms with van der Waals surface area (Å²) in [7, 11) is 0. The maximum atomic E-state index is 12.4. The average Bonchev–Trinajstić information content (AvgIpc) is 2.58. The maximum Gasteiger partial charge on any atom is 0.224 e. The minimum absolute atomic E-state index is 0.0164. The van der Waals surface area contributed by atoms with Gasteiger partial charge < -0.3 is 10.1 Å². The lowest BCUT2D eigenvalue weighted by Crippen LogP contribution is -2.43. The van der Waals surface area contributed by atoms with E-state index in [1.807, 2.05) is 43.3 Å². The molecule has 0 bridgehead atoms. The Morgan fingerprint density at radius 2 is 2.04 bits per heavy atom. The molecule has 2 atom stereocenters. The van der Waals surface area contributed by atoms with Crippen LogP contribution in [0.15, 0.2) is 48.8 Å². The molecule has 1 N–H and O–H groups in total.